The van der Waals surface area contributed by atoms with Crippen LogP contribution in [0.25, 0.3) is 0 Å². The van der Waals surface area contributed by atoms with E-state index in [1.54, 1.807) is 43.5 Å². The number of carbonyl (C=O) groups is 1. The number of halogens is 2. The molecular weight excluding hydrogens is 454 g/mol. The van der Waals surface area contributed by atoms with Crippen molar-refractivity contribution in [3.05, 3.63) is 57.5 Å². The average molecular weight is 473 g/mol. The van der Waals surface area contributed by atoms with Gasteiger partial charge in [0.2, 0.25) is 10.0 Å². The Morgan fingerprint density at radius 3 is 2.33 bits per heavy atom. The summed E-state index contributed by atoms with van der Waals surface area (Å²) in [6, 6.07) is 11.7. The number of carbonyl (C=O) groups excluding carboxylic acids is 1. The Morgan fingerprint density at radius 1 is 1.15 bits per heavy atom. The molecule has 0 N–H and O–H groups in total. The highest BCUT2D eigenvalue weighted by Crippen LogP contribution is 2.31. The van der Waals surface area contributed by atoms with Crippen LogP contribution in [0.2, 0.25) is 5.02 Å². The molecule has 0 aliphatic carbocycles. The van der Waals surface area contributed by atoms with Gasteiger partial charge < -0.3 is 4.74 Å². The molecule has 1 saturated heterocycles. The van der Waals surface area contributed by atoms with E-state index < -0.39 is 10.0 Å². The lowest BCUT2D eigenvalue weighted by Gasteiger charge is -2.30. The first kappa shape index (κ1) is 20.3. The van der Waals surface area contributed by atoms with E-state index in [0.717, 1.165) is 4.47 Å². The topological polar surface area (TPSA) is 63.7 Å². The van der Waals surface area contributed by atoms with Crippen molar-refractivity contribution in [3.63, 3.8) is 0 Å². The normalized spacial score (nSPS) is 16.3. The number of rotatable bonds is 5. The average Bonchev–Trinajstić information content (AvgIpc) is 2.67. The van der Waals surface area contributed by atoms with Gasteiger partial charge in [-0.3, -0.25) is 4.79 Å². The van der Waals surface area contributed by atoms with Crippen LogP contribution in [0.4, 0.5) is 0 Å². The molecule has 1 aliphatic heterocycles. The molecule has 1 fully saturated rings. The SMILES string of the molecule is COc1ccc(C(=O)C2CCN(S(=O)(=O)c3ccc(Br)cc3Cl)CC2)cc1. The molecule has 144 valence electrons. The van der Waals surface area contributed by atoms with Crippen LogP contribution in [0.1, 0.15) is 23.2 Å². The summed E-state index contributed by atoms with van der Waals surface area (Å²) in [5.41, 5.74) is 0.619. The minimum absolute atomic E-state index is 0.0383. The Labute approximate surface area is 172 Å². The Bertz CT molecular complexity index is 939. The van der Waals surface area contributed by atoms with Gasteiger partial charge in [-0.2, -0.15) is 4.31 Å². The van der Waals surface area contributed by atoms with E-state index in [1.165, 1.54) is 10.4 Å². The monoisotopic (exact) mass is 471 g/mol. The number of ketones is 1. The van der Waals surface area contributed by atoms with Gasteiger partial charge in [-0.05, 0) is 55.3 Å². The van der Waals surface area contributed by atoms with Crippen LogP contribution in [0.3, 0.4) is 0 Å². The number of ether oxygens (including phenoxy) is 1. The fourth-order valence-electron chi connectivity index (χ4n) is 3.17. The minimum Gasteiger partial charge on any atom is -0.497 e. The van der Waals surface area contributed by atoms with Crippen molar-refractivity contribution in [2.75, 3.05) is 20.2 Å². The number of Topliss-reactive ketones (excluding diaryl/α,β-unsaturated/α-hetero) is 1. The molecule has 0 radical (unpaired) electrons. The highest BCUT2D eigenvalue weighted by Gasteiger charge is 2.33. The summed E-state index contributed by atoms with van der Waals surface area (Å²) in [4.78, 5) is 12.8. The summed E-state index contributed by atoms with van der Waals surface area (Å²) in [7, 11) is -2.11. The van der Waals surface area contributed by atoms with E-state index in [9.17, 15) is 13.2 Å². The molecular formula is C19H19BrClNO4S. The molecule has 0 atom stereocenters. The van der Waals surface area contributed by atoms with Crippen molar-refractivity contribution in [1.82, 2.24) is 4.31 Å². The zero-order valence-corrected chi connectivity index (χ0v) is 17.9. The number of sulfonamides is 1. The van der Waals surface area contributed by atoms with Gasteiger partial charge in [-0.1, -0.05) is 27.5 Å². The van der Waals surface area contributed by atoms with Crippen molar-refractivity contribution in [2.45, 2.75) is 17.7 Å². The molecule has 5 nitrogen and oxygen atoms in total. The van der Waals surface area contributed by atoms with Crippen LogP contribution >= 0.6 is 27.5 Å². The number of piperidine rings is 1. The van der Waals surface area contributed by atoms with Gasteiger partial charge in [0.25, 0.3) is 0 Å². The molecule has 27 heavy (non-hydrogen) atoms. The molecule has 1 heterocycles. The van der Waals surface area contributed by atoms with Gasteiger partial charge in [0.1, 0.15) is 10.6 Å². The summed E-state index contributed by atoms with van der Waals surface area (Å²) in [6.45, 7) is 0.586. The molecule has 3 rings (SSSR count). The Hall–Kier alpha value is -1.41. The van der Waals surface area contributed by atoms with Crippen molar-refractivity contribution in [1.29, 1.82) is 0 Å². The summed E-state index contributed by atoms with van der Waals surface area (Å²) < 4.78 is 33.0. The van der Waals surface area contributed by atoms with Crippen LogP contribution < -0.4 is 4.74 Å². The second kappa shape index (κ2) is 8.31. The summed E-state index contributed by atoms with van der Waals surface area (Å²) in [6.07, 6.45) is 0.969. The maximum absolute atomic E-state index is 12.9. The fraction of sp³-hybridized carbons (Fsp3) is 0.316. The molecule has 0 unspecified atom stereocenters. The highest BCUT2D eigenvalue weighted by atomic mass is 79.9. The van der Waals surface area contributed by atoms with Crippen molar-refractivity contribution in [3.8, 4) is 5.75 Å². The maximum atomic E-state index is 12.9. The molecule has 8 heteroatoms. The first-order chi connectivity index (χ1) is 12.8. The van der Waals surface area contributed by atoms with Crippen LogP contribution in [0, 0.1) is 5.92 Å². The summed E-state index contributed by atoms with van der Waals surface area (Å²) >= 11 is 9.39. The molecule has 2 aromatic rings. The second-order valence-electron chi connectivity index (χ2n) is 6.35. The molecule has 0 bridgehead atoms. The smallest absolute Gasteiger partial charge is 0.244 e. The Kier molecular flexibility index (Phi) is 6.25. The van der Waals surface area contributed by atoms with Crippen LogP contribution in [0.15, 0.2) is 51.8 Å². The third kappa shape index (κ3) is 4.37. The van der Waals surface area contributed by atoms with Crippen LogP contribution in [0.5, 0.6) is 5.75 Å². The lowest BCUT2D eigenvalue weighted by Crippen LogP contribution is -2.40. The number of methoxy groups -OCH3 is 1. The zero-order valence-electron chi connectivity index (χ0n) is 14.7. The van der Waals surface area contributed by atoms with E-state index in [0.29, 0.717) is 37.2 Å². The first-order valence-electron chi connectivity index (χ1n) is 8.46. The number of hydrogen-bond acceptors (Lipinski definition) is 4. The van der Waals surface area contributed by atoms with Gasteiger partial charge in [0.15, 0.2) is 5.78 Å². The molecule has 0 spiro atoms. The van der Waals surface area contributed by atoms with E-state index >= 15 is 0 Å². The Morgan fingerprint density at radius 2 is 1.78 bits per heavy atom. The van der Waals surface area contributed by atoms with Gasteiger partial charge in [0.05, 0.1) is 12.1 Å². The number of nitrogens with zero attached hydrogens (tertiary/aromatic N) is 1. The summed E-state index contributed by atoms with van der Waals surface area (Å²) in [5, 5.41) is 0.181. The first-order valence-corrected chi connectivity index (χ1v) is 11.1. The molecule has 1 aliphatic rings. The molecule has 0 aromatic heterocycles. The number of hydrogen-bond donors (Lipinski definition) is 0. The van der Waals surface area contributed by atoms with Gasteiger partial charge >= 0.3 is 0 Å². The third-order valence-electron chi connectivity index (χ3n) is 4.71. The van der Waals surface area contributed by atoms with Crippen LogP contribution in [-0.4, -0.2) is 38.7 Å². The largest absolute Gasteiger partial charge is 0.497 e. The standard InChI is InChI=1S/C19H19BrClNO4S/c1-26-16-5-2-13(3-6-16)19(23)14-8-10-22(11-9-14)27(24,25)18-7-4-15(20)12-17(18)21/h2-7,12,14H,8-11H2,1H3. The lowest BCUT2D eigenvalue weighted by atomic mass is 9.89. The zero-order chi connectivity index (χ0) is 19.6. The number of benzene rings is 2. The second-order valence-corrected chi connectivity index (χ2v) is 9.58. The van der Waals surface area contributed by atoms with E-state index in [4.69, 9.17) is 16.3 Å². The Balaban J connectivity index is 1.69. The van der Waals surface area contributed by atoms with Gasteiger partial charge in [-0.15, -0.1) is 0 Å². The van der Waals surface area contributed by atoms with Crippen molar-refractivity contribution < 1.29 is 17.9 Å². The van der Waals surface area contributed by atoms with Gasteiger partial charge in [0, 0.05) is 29.0 Å². The van der Waals surface area contributed by atoms with E-state index in [1.807, 2.05) is 0 Å². The maximum Gasteiger partial charge on any atom is 0.244 e. The van der Waals surface area contributed by atoms with Crippen molar-refractivity contribution >= 4 is 43.3 Å². The molecule has 0 saturated carbocycles. The molecule has 2 aromatic carbocycles. The minimum atomic E-state index is -3.68. The fourth-order valence-corrected chi connectivity index (χ4v) is 5.65. The van der Waals surface area contributed by atoms with Gasteiger partial charge in [-0.25, -0.2) is 8.42 Å². The predicted octanol–water partition coefficient (Wildman–Crippen LogP) is 4.39. The predicted molar refractivity (Wildman–Crippen MR) is 108 cm³/mol. The van der Waals surface area contributed by atoms with Crippen molar-refractivity contribution in [2.24, 2.45) is 5.92 Å². The summed E-state index contributed by atoms with van der Waals surface area (Å²) in [5.74, 6) is 0.542. The quantitative estimate of drug-likeness (QED) is 0.605. The van der Waals surface area contributed by atoms with Crippen LogP contribution in [-0.2, 0) is 10.0 Å². The molecule has 0 amide bonds. The lowest BCUT2D eigenvalue weighted by molar-refractivity contribution is 0.0875. The van der Waals surface area contributed by atoms with E-state index in [-0.39, 0.29) is 21.6 Å². The van der Waals surface area contributed by atoms with E-state index in [2.05, 4.69) is 15.9 Å². The third-order valence-corrected chi connectivity index (χ3v) is 7.59. The highest BCUT2D eigenvalue weighted by molar-refractivity contribution is 9.10.